The molecule has 5 fully saturated rings. The van der Waals surface area contributed by atoms with E-state index in [9.17, 15) is 5.11 Å². The lowest BCUT2D eigenvalue weighted by Gasteiger charge is -2.76. The molecule has 3 saturated carbocycles. The highest BCUT2D eigenvalue weighted by molar-refractivity contribution is 5.29. The van der Waals surface area contributed by atoms with Crippen LogP contribution in [0, 0.1) is 16.2 Å². The third-order valence-electron chi connectivity index (χ3n) is 8.59. The van der Waals surface area contributed by atoms with Crippen LogP contribution in [0.4, 0.5) is 0 Å². The van der Waals surface area contributed by atoms with E-state index in [-0.39, 0.29) is 21.8 Å². The molecule has 0 amide bonds. The Morgan fingerprint density at radius 2 is 1.65 bits per heavy atom. The minimum atomic E-state index is -0.795. The van der Waals surface area contributed by atoms with Gasteiger partial charge in [-0.25, -0.2) is 9.78 Å². The molecule has 1 N–H and O–H groups in total. The number of rotatable bonds is 1. The highest BCUT2D eigenvalue weighted by atomic mass is 17.2. The van der Waals surface area contributed by atoms with Gasteiger partial charge in [0.2, 0.25) is 0 Å². The van der Waals surface area contributed by atoms with Crippen molar-refractivity contribution in [3.05, 3.63) is 12.7 Å². The summed E-state index contributed by atoms with van der Waals surface area (Å²) in [6.07, 6.45) is 9.84. The third kappa shape index (κ3) is 1.54. The van der Waals surface area contributed by atoms with Crippen LogP contribution >= 0.6 is 0 Å². The smallest absolute Gasteiger partial charge is 0.134 e. The fraction of sp³-hybridized carbons (Fsp3) is 0.900. The summed E-state index contributed by atoms with van der Waals surface area (Å²) < 4.78 is 0. The zero-order chi connectivity index (χ0) is 16.8. The zero-order valence-corrected chi connectivity index (χ0v) is 15.2. The molecule has 0 aromatic carbocycles. The van der Waals surface area contributed by atoms with Crippen molar-refractivity contribution >= 4 is 0 Å². The van der Waals surface area contributed by atoms with E-state index in [1.807, 2.05) is 6.08 Å². The zero-order valence-electron chi connectivity index (χ0n) is 15.2. The van der Waals surface area contributed by atoms with Gasteiger partial charge in [0.15, 0.2) is 0 Å². The second kappa shape index (κ2) is 4.23. The van der Waals surface area contributed by atoms with Gasteiger partial charge in [-0.2, -0.15) is 0 Å². The van der Waals surface area contributed by atoms with Gasteiger partial charge in [0.25, 0.3) is 0 Å². The number of fused-ring (bicyclic) bond motifs is 2. The van der Waals surface area contributed by atoms with Gasteiger partial charge in [-0.1, -0.05) is 40.2 Å². The maximum atomic E-state index is 12.0. The molecular weight excluding hydrogens is 288 g/mol. The molecule has 2 heterocycles. The molecule has 2 aliphatic heterocycles. The van der Waals surface area contributed by atoms with Crippen molar-refractivity contribution in [2.45, 2.75) is 95.9 Å². The Hall–Kier alpha value is -0.380. The van der Waals surface area contributed by atoms with Gasteiger partial charge in [-0.3, -0.25) is 0 Å². The Labute approximate surface area is 140 Å². The van der Waals surface area contributed by atoms with Crippen LogP contribution < -0.4 is 0 Å². The van der Waals surface area contributed by atoms with Crippen LogP contribution in [0.3, 0.4) is 0 Å². The fourth-order valence-corrected chi connectivity index (χ4v) is 6.93. The van der Waals surface area contributed by atoms with E-state index in [0.29, 0.717) is 0 Å². The van der Waals surface area contributed by atoms with Crippen molar-refractivity contribution < 1.29 is 14.9 Å². The Morgan fingerprint density at radius 3 is 2.26 bits per heavy atom. The van der Waals surface area contributed by atoms with E-state index in [1.165, 1.54) is 0 Å². The first-order valence-corrected chi connectivity index (χ1v) is 9.32. The molecule has 23 heavy (non-hydrogen) atoms. The van der Waals surface area contributed by atoms with Crippen molar-refractivity contribution in [2.24, 2.45) is 16.2 Å². The lowest BCUT2D eigenvalue weighted by Crippen LogP contribution is -2.84. The summed E-state index contributed by atoms with van der Waals surface area (Å²) in [7, 11) is 0. The highest BCUT2D eigenvalue weighted by Crippen LogP contribution is 2.74. The van der Waals surface area contributed by atoms with Gasteiger partial charge in [0.1, 0.15) is 16.8 Å². The van der Waals surface area contributed by atoms with Crippen LogP contribution in [0.25, 0.3) is 0 Å². The molecule has 0 radical (unpaired) electrons. The molecular formula is C20H32O3. The highest BCUT2D eigenvalue weighted by Gasteiger charge is 2.81. The molecule has 5 rings (SSSR count). The summed E-state index contributed by atoms with van der Waals surface area (Å²) in [5, 5.41) is 12.0. The maximum absolute atomic E-state index is 12.0. The SMILES string of the molecule is C=C[C@@]1(C)CC[C@@]2(O)[C@]3(CC[C@@]4(OO3)C(C)(C)CCC[C@]24C)C1. The van der Waals surface area contributed by atoms with E-state index in [0.717, 1.165) is 51.4 Å². The van der Waals surface area contributed by atoms with Crippen molar-refractivity contribution in [1.29, 1.82) is 0 Å². The quantitative estimate of drug-likeness (QED) is 0.569. The van der Waals surface area contributed by atoms with Crippen molar-refractivity contribution in [3.8, 4) is 0 Å². The summed E-state index contributed by atoms with van der Waals surface area (Å²) >= 11 is 0. The van der Waals surface area contributed by atoms with E-state index in [4.69, 9.17) is 9.78 Å². The van der Waals surface area contributed by atoms with Crippen LogP contribution in [0.1, 0.15) is 79.1 Å². The molecule has 2 bridgehead atoms. The Morgan fingerprint density at radius 1 is 0.913 bits per heavy atom. The monoisotopic (exact) mass is 320 g/mol. The van der Waals surface area contributed by atoms with Crippen LogP contribution in [-0.4, -0.2) is 21.9 Å². The average molecular weight is 320 g/mol. The number of allylic oxidation sites excluding steroid dienone is 1. The standard InChI is InChI=1S/C20H32O3/c1-6-16(4)10-12-19(21)17(5)9-7-8-15(2,3)20(17)13-11-18(19,14-16)22-23-20/h6,21H,1,7-14H2,2-5H3/t16-,17+,18-,19-,20+/m0/s1. The Bertz CT molecular complexity index is 545. The fourth-order valence-electron chi connectivity index (χ4n) is 6.93. The molecule has 130 valence electrons. The van der Waals surface area contributed by atoms with Gasteiger partial charge < -0.3 is 5.11 Å². The first kappa shape index (κ1) is 16.1. The number of hydrogen-bond donors (Lipinski definition) is 1. The molecule has 3 heteroatoms. The van der Waals surface area contributed by atoms with E-state index >= 15 is 0 Å². The normalized spacial score (nSPS) is 57.4. The molecule has 0 aromatic heterocycles. The summed E-state index contributed by atoms with van der Waals surface area (Å²) in [6.45, 7) is 13.1. The van der Waals surface area contributed by atoms with Crippen LogP contribution in [0.5, 0.6) is 0 Å². The summed E-state index contributed by atoms with van der Waals surface area (Å²) in [5.41, 5.74) is -1.92. The Balaban J connectivity index is 1.86. The van der Waals surface area contributed by atoms with E-state index in [2.05, 4.69) is 34.3 Å². The van der Waals surface area contributed by atoms with Crippen LogP contribution in [-0.2, 0) is 9.78 Å². The van der Waals surface area contributed by atoms with Crippen LogP contribution in [0.15, 0.2) is 12.7 Å². The molecule has 0 unspecified atom stereocenters. The van der Waals surface area contributed by atoms with Crippen LogP contribution in [0.2, 0.25) is 0 Å². The van der Waals surface area contributed by atoms with Gasteiger partial charge in [-0.05, 0) is 55.8 Å². The second-order valence-corrected chi connectivity index (χ2v) is 9.95. The van der Waals surface area contributed by atoms with Crippen molar-refractivity contribution in [3.63, 3.8) is 0 Å². The number of hydrogen-bond acceptors (Lipinski definition) is 3. The predicted molar refractivity (Wildman–Crippen MR) is 89.7 cm³/mol. The first-order valence-electron chi connectivity index (χ1n) is 9.32. The summed E-state index contributed by atoms with van der Waals surface area (Å²) in [4.78, 5) is 12.4. The molecule has 5 aliphatic rings. The summed E-state index contributed by atoms with van der Waals surface area (Å²) in [6, 6.07) is 0. The van der Waals surface area contributed by atoms with Gasteiger partial charge in [0.05, 0.1) is 0 Å². The predicted octanol–water partition coefficient (Wildman–Crippen LogP) is 4.54. The van der Waals surface area contributed by atoms with Crippen molar-refractivity contribution in [1.82, 2.24) is 0 Å². The topological polar surface area (TPSA) is 38.7 Å². The average Bonchev–Trinajstić information content (AvgIpc) is 2.50. The largest absolute Gasteiger partial charge is 0.386 e. The molecule has 2 saturated heterocycles. The second-order valence-electron chi connectivity index (χ2n) is 9.95. The summed E-state index contributed by atoms with van der Waals surface area (Å²) in [5.74, 6) is 0. The lowest BCUT2D eigenvalue weighted by molar-refractivity contribution is -0.565. The maximum Gasteiger partial charge on any atom is 0.134 e. The van der Waals surface area contributed by atoms with Crippen molar-refractivity contribution in [2.75, 3.05) is 0 Å². The molecule has 2 spiro atoms. The minimum Gasteiger partial charge on any atom is -0.386 e. The van der Waals surface area contributed by atoms with E-state index < -0.39 is 11.2 Å². The van der Waals surface area contributed by atoms with E-state index in [1.54, 1.807) is 0 Å². The van der Waals surface area contributed by atoms with Gasteiger partial charge >= 0.3 is 0 Å². The molecule has 3 nitrogen and oxygen atoms in total. The molecule has 5 atom stereocenters. The minimum absolute atomic E-state index is 0.0213. The number of aliphatic hydroxyl groups is 1. The lowest BCUT2D eigenvalue weighted by atomic mass is 9.37. The first-order chi connectivity index (χ1) is 10.6. The van der Waals surface area contributed by atoms with Gasteiger partial charge in [0, 0.05) is 5.41 Å². The molecule has 0 aromatic rings. The third-order valence-corrected chi connectivity index (χ3v) is 8.59. The van der Waals surface area contributed by atoms with Gasteiger partial charge in [-0.15, -0.1) is 6.58 Å². The Kier molecular flexibility index (Phi) is 2.96. The molecule has 3 aliphatic carbocycles.